The first kappa shape index (κ1) is 15.9. The Bertz CT molecular complexity index is 244. The number of hydrogen-bond donors (Lipinski definition) is 1. The number of ether oxygens (including phenoxy) is 1. The molecule has 1 atom stereocenters. The van der Waals surface area contributed by atoms with E-state index in [4.69, 9.17) is 4.74 Å². The molecule has 0 fully saturated rings. The maximum absolute atomic E-state index is 11.9. The van der Waals surface area contributed by atoms with Gasteiger partial charge in [0, 0.05) is 33.7 Å². The molecule has 0 unspecified atom stereocenters. The summed E-state index contributed by atoms with van der Waals surface area (Å²) in [6.45, 7) is 7.07. The second kappa shape index (κ2) is 8.98. The van der Waals surface area contributed by atoms with Crippen LogP contribution in [0.3, 0.4) is 0 Å². The van der Waals surface area contributed by atoms with E-state index in [1.165, 1.54) is 6.92 Å². The van der Waals surface area contributed by atoms with Crippen LogP contribution in [0.15, 0.2) is 0 Å². The molecule has 17 heavy (non-hydrogen) atoms. The molecule has 5 heteroatoms. The van der Waals surface area contributed by atoms with Crippen LogP contribution in [0, 0.1) is 0 Å². The van der Waals surface area contributed by atoms with Crippen molar-refractivity contribution in [2.24, 2.45) is 0 Å². The van der Waals surface area contributed by atoms with Crippen LogP contribution in [0.5, 0.6) is 0 Å². The maximum Gasteiger partial charge on any atom is 0.251 e. The molecule has 0 aliphatic heterocycles. The normalized spacial score (nSPS) is 12.0. The molecule has 0 aromatic heterocycles. The zero-order valence-corrected chi connectivity index (χ0v) is 11.3. The lowest BCUT2D eigenvalue weighted by molar-refractivity contribution is -0.142. The highest BCUT2D eigenvalue weighted by Gasteiger charge is 2.19. The van der Waals surface area contributed by atoms with E-state index in [0.717, 1.165) is 6.42 Å². The van der Waals surface area contributed by atoms with Gasteiger partial charge in [0.25, 0.3) is 5.91 Å². The summed E-state index contributed by atoms with van der Waals surface area (Å²) in [7, 11) is 1.76. The second-order valence-electron chi connectivity index (χ2n) is 3.95. The van der Waals surface area contributed by atoms with Gasteiger partial charge in [0.05, 0.1) is 0 Å². The van der Waals surface area contributed by atoms with Gasteiger partial charge in [-0.3, -0.25) is 9.59 Å². The van der Waals surface area contributed by atoms with Gasteiger partial charge in [-0.25, -0.2) is 0 Å². The highest BCUT2D eigenvalue weighted by molar-refractivity contribution is 5.80. The third-order valence-corrected chi connectivity index (χ3v) is 2.43. The summed E-state index contributed by atoms with van der Waals surface area (Å²) in [6.07, 6.45) is 1.10. The summed E-state index contributed by atoms with van der Waals surface area (Å²) in [6, 6.07) is 0. The van der Waals surface area contributed by atoms with E-state index in [2.05, 4.69) is 5.32 Å². The van der Waals surface area contributed by atoms with Gasteiger partial charge in [0.2, 0.25) is 5.91 Å². The van der Waals surface area contributed by atoms with Gasteiger partial charge >= 0.3 is 0 Å². The third kappa shape index (κ3) is 6.94. The summed E-state index contributed by atoms with van der Waals surface area (Å²) in [5, 5.41) is 2.70. The lowest BCUT2D eigenvalue weighted by atomic mass is 10.2. The van der Waals surface area contributed by atoms with Gasteiger partial charge in [-0.2, -0.15) is 0 Å². The number of carbonyl (C=O) groups excluding carboxylic acids is 2. The lowest BCUT2D eigenvalue weighted by Gasteiger charge is -2.22. The summed E-state index contributed by atoms with van der Waals surface area (Å²) in [5.41, 5.74) is 0. The van der Waals surface area contributed by atoms with Crippen LogP contribution in [-0.4, -0.2) is 49.6 Å². The van der Waals surface area contributed by atoms with E-state index < -0.39 is 0 Å². The molecule has 2 amide bonds. The molecular formula is C12H24N2O3. The van der Waals surface area contributed by atoms with Crippen molar-refractivity contribution in [3.8, 4) is 0 Å². The molecule has 0 bridgehead atoms. The van der Waals surface area contributed by atoms with Gasteiger partial charge in [-0.1, -0.05) is 6.92 Å². The number of nitrogens with zero attached hydrogens (tertiary/aromatic N) is 1. The minimum Gasteiger partial charge on any atom is -0.369 e. The Morgan fingerprint density at radius 1 is 1.35 bits per heavy atom. The molecule has 0 aromatic rings. The number of rotatable bonds is 8. The monoisotopic (exact) mass is 244 g/mol. The van der Waals surface area contributed by atoms with Gasteiger partial charge < -0.3 is 15.0 Å². The van der Waals surface area contributed by atoms with Crippen molar-refractivity contribution in [3.05, 3.63) is 0 Å². The van der Waals surface area contributed by atoms with Crippen molar-refractivity contribution in [1.29, 1.82) is 0 Å². The number of nitrogens with one attached hydrogen (secondary N) is 1. The average molecular weight is 244 g/mol. The molecular weight excluding hydrogens is 220 g/mol. The first-order valence-electron chi connectivity index (χ1n) is 6.13. The maximum atomic E-state index is 11.9. The minimum atomic E-state index is -0.342. The fraction of sp³-hybridized carbons (Fsp3) is 0.833. The Kier molecular flexibility index (Phi) is 8.40. The van der Waals surface area contributed by atoms with Crippen LogP contribution >= 0.6 is 0 Å². The quantitative estimate of drug-likeness (QED) is 0.642. The zero-order valence-electron chi connectivity index (χ0n) is 11.3. The molecule has 100 valence electrons. The predicted octanol–water partition coefficient (Wildman–Crippen LogP) is 0.786. The van der Waals surface area contributed by atoms with E-state index in [9.17, 15) is 9.59 Å². The van der Waals surface area contributed by atoms with E-state index in [0.29, 0.717) is 26.1 Å². The van der Waals surface area contributed by atoms with Crippen molar-refractivity contribution in [3.63, 3.8) is 0 Å². The third-order valence-electron chi connectivity index (χ3n) is 2.43. The predicted molar refractivity (Wildman–Crippen MR) is 66.6 cm³/mol. The largest absolute Gasteiger partial charge is 0.369 e. The van der Waals surface area contributed by atoms with Crippen LogP contribution in [0.4, 0.5) is 0 Å². The zero-order chi connectivity index (χ0) is 13.3. The fourth-order valence-corrected chi connectivity index (χ4v) is 1.50. The molecule has 0 rings (SSSR count). The van der Waals surface area contributed by atoms with Crippen molar-refractivity contribution in [2.45, 2.75) is 39.7 Å². The van der Waals surface area contributed by atoms with Crippen LogP contribution in [0.25, 0.3) is 0 Å². The summed E-state index contributed by atoms with van der Waals surface area (Å²) >= 11 is 0. The molecule has 0 aliphatic rings. The van der Waals surface area contributed by atoms with Crippen molar-refractivity contribution in [2.75, 3.05) is 26.7 Å². The molecule has 1 N–H and O–H groups in total. The molecule has 0 aromatic carbocycles. The number of hydrogen-bond acceptors (Lipinski definition) is 3. The molecule has 0 saturated heterocycles. The van der Waals surface area contributed by atoms with Crippen LogP contribution < -0.4 is 5.32 Å². The first-order valence-corrected chi connectivity index (χ1v) is 6.13. The lowest BCUT2D eigenvalue weighted by Crippen LogP contribution is -2.39. The molecule has 0 saturated carbocycles. The Morgan fingerprint density at radius 2 is 2.00 bits per heavy atom. The van der Waals surface area contributed by atoms with Crippen molar-refractivity contribution in [1.82, 2.24) is 10.2 Å². The first-order chi connectivity index (χ1) is 8.02. The Labute approximate surface area is 103 Å². The van der Waals surface area contributed by atoms with Gasteiger partial charge in [-0.05, 0) is 19.8 Å². The van der Waals surface area contributed by atoms with Crippen LogP contribution in [0.1, 0.15) is 33.6 Å². The summed E-state index contributed by atoms with van der Waals surface area (Å²) in [5.74, 6) is -0.0306. The van der Waals surface area contributed by atoms with Gasteiger partial charge in [0.1, 0.15) is 6.10 Å². The average Bonchev–Trinajstić information content (AvgIpc) is 2.30. The Balaban J connectivity index is 3.90. The fourth-order valence-electron chi connectivity index (χ4n) is 1.50. The molecule has 0 radical (unpaired) electrons. The Morgan fingerprint density at radius 3 is 2.47 bits per heavy atom. The van der Waals surface area contributed by atoms with Gasteiger partial charge in [-0.15, -0.1) is 0 Å². The highest BCUT2D eigenvalue weighted by atomic mass is 16.5. The molecule has 0 spiro atoms. The summed E-state index contributed by atoms with van der Waals surface area (Å²) < 4.78 is 5.36. The standard InChI is InChI=1S/C12H24N2O3/c1-5-11(17-6-2)12(16)14(4)9-7-8-13-10(3)15/h11H,5-9H2,1-4H3,(H,13,15)/t11-/m1/s1. The highest BCUT2D eigenvalue weighted by Crippen LogP contribution is 2.03. The number of amides is 2. The molecule has 0 heterocycles. The van der Waals surface area contributed by atoms with Crippen LogP contribution in [0.2, 0.25) is 0 Å². The van der Waals surface area contributed by atoms with E-state index in [1.54, 1.807) is 11.9 Å². The van der Waals surface area contributed by atoms with Crippen molar-refractivity contribution >= 4 is 11.8 Å². The second-order valence-corrected chi connectivity index (χ2v) is 3.95. The van der Waals surface area contributed by atoms with E-state index in [1.807, 2.05) is 13.8 Å². The number of likely N-dealkylation sites (N-methyl/N-ethyl adjacent to an activating group) is 1. The topological polar surface area (TPSA) is 58.6 Å². The minimum absolute atomic E-state index is 0.0113. The van der Waals surface area contributed by atoms with Crippen LogP contribution in [-0.2, 0) is 14.3 Å². The smallest absolute Gasteiger partial charge is 0.251 e. The number of carbonyl (C=O) groups is 2. The van der Waals surface area contributed by atoms with Crippen molar-refractivity contribution < 1.29 is 14.3 Å². The van der Waals surface area contributed by atoms with Gasteiger partial charge in [0.15, 0.2) is 0 Å². The SMILES string of the molecule is CCO[C@H](CC)C(=O)N(C)CCCNC(C)=O. The Hall–Kier alpha value is -1.10. The molecule has 5 nitrogen and oxygen atoms in total. The van der Waals surface area contributed by atoms with E-state index >= 15 is 0 Å². The summed E-state index contributed by atoms with van der Waals surface area (Å²) in [4.78, 5) is 24.2. The molecule has 0 aliphatic carbocycles. The van der Waals surface area contributed by atoms with E-state index in [-0.39, 0.29) is 17.9 Å².